The molecule has 2 saturated heterocycles. The van der Waals surface area contributed by atoms with Crippen LogP contribution >= 0.6 is 0 Å². The molecule has 0 bridgehead atoms. The van der Waals surface area contributed by atoms with Crippen LogP contribution in [0.2, 0.25) is 0 Å². The van der Waals surface area contributed by atoms with Crippen LogP contribution in [0.5, 0.6) is 23.0 Å². The van der Waals surface area contributed by atoms with Crippen molar-refractivity contribution in [2.75, 3.05) is 19.8 Å². The van der Waals surface area contributed by atoms with Crippen molar-refractivity contribution in [1.29, 1.82) is 0 Å². The first-order valence-electron chi connectivity index (χ1n) is 13.9. The third-order valence-corrected chi connectivity index (χ3v) is 7.31. The van der Waals surface area contributed by atoms with Crippen LogP contribution in [-0.2, 0) is 34.9 Å². The largest absolute Gasteiger partial charge is 0.504 e. The molecule has 2 aromatic carbocycles. The van der Waals surface area contributed by atoms with E-state index in [4.69, 9.17) is 23.7 Å². The summed E-state index contributed by atoms with van der Waals surface area (Å²) >= 11 is 0. The highest BCUT2D eigenvalue weighted by Crippen LogP contribution is 2.32. The minimum atomic E-state index is -1.88. The lowest BCUT2D eigenvalue weighted by Gasteiger charge is -2.46. The molecule has 2 aliphatic heterocycles. The van der Waals surface area contributed by atoms with Crippen LogP contribution in [0.25, 0.3) is 6.08 Å². The van der Waals surface area contributed by atoms with Crippen molar-refractivity contribution < 1.29 is 79.5 Å². The SMILES string of the molecule is O=C(/C=C/c1ccc(O)c(O)c1)O[C@@H]1[C@@H](O[C@@H]2O[C@H](CO)[C@@H](O)[C@H](O)[C@@H]2O)[C@H](O)[C@@H](OCCc2ccc(O)c(O)c2)O[C@H]1CO. The van der Waals surface area contributed by atoms with Crippen LogP contribution < -0.4 is 0 Å². The first-order chi connectivity index (χ1) is 21.4. The minimum absolute atomic E-state index is 0.108. The van der Waals surface area contributed by atoms with E-state index in [0.717, 1.165) is 6.08 Å². The van der Waals surface area contributed by atoms with E-state index in [-0.39, 0.29) is 30.3 Å². The summed E-state index contributed by atoms with van der Waals surface area (Å²) in [5.74, 6) is -2.50. The molecule has 16 heteroatoms. The molecular weight excluding hydrogens is 604 g/mol. The molecule has 45 heavy (non-hydrogen) atoms. The molecule has 248 valence electrons. The van der Waals surface area contributed by atoms with E-state index in [2.05, 4.69) is 0 Å². The van der Waals surface area contributed by atoms with E-state index in [1.807, 2.05) is 0 Å². The molecule has 2 aromatic rings. The molecular formula is C29H36O16. The molecule has 0 spiro atoms. The Morgan fingerprint density at radius 3 is 2.02 bits per heavy atom. The number of carbonyl (C=O) groups is 1. The molecule has 0 aliphatic carbocycles. The number of aromatic hydroxyl groups is 4. The number of hydrogen-bond donors (Lipinski definition) is 10. The molecule has 4 rings (SSSR count). The summed E-state index contributed by atoms with van der Waals surface area (Å²) < 4.78 is 28.0. The van der Waals surface area contributed by atoms with Crippen LogP contribution in [0, 0.1) is 0 Å². The van der Waals surface area contributed by atoms with Crippen molar-refractivity contribution in [3.8, 4) is 23.0 Å². The highest BCUT2D eigenvalue weighted by molar-refractivity contribution is 5.87. The van der Waals surface area contributed by atoms with Crippen molar-refractivity contribution in [3.05, 3.63) is 53.6 Å². The Bertz CT molecular complexity index is 1320. The average Bonchev–Trinajstić information content (AvgIpc) is 3.02. The van der Waals surface area contributed by atoms with Gasteiger partial charge in [-0.1, -0.05) is 12.1 Å². The van der Waals surface area contributed by atoms with Gasteiger partial charge < -0.3 is 74.7 Å². The van der Waals surface area contributed by atoms with Crippen LogP contribution in [0.15, 0.2) is 42.5 Å². The van der Waals surface area contributed by atoms with Crippen molar-refractivity contribution in [2.45, 2.75) is 67.8 Å². The molecule has 16 nitrogen and oxygen atoms in total. The highest BCUT2D eigenvalue weighted by Gasteiger charge is 2.52. The molecule has 10 atom stereocenters. The quantitative estimate of drug-likeness (QED) is 0.0720. The Kier molecular flexibility index (Phi) is 11.6. The lowest BCUT2D eigenvalue weighted by atomic mass is 9.96. The van der Waals surface area contributed by atoms with Gasteiger partial charge in [0.2, 0.25) is 0 Å². The predicted molar refractivity (Wildman–Crippen MR) is 149 cm³/mol. The second kappa shape index (κ2) is 15.2. The van der Waals surface area contributed by atoms with Crippen LogP contribution in [0.3, 0.4) is 0 Å². The predicted octanol–water partition coefficient (Wildman–Crippen LogP) is -2.04. The summed E-state index contributed by atoms with van der Waals surface area (Å²) in [5.41, 5.74) is 0.870. The highest BCUT2D eigenvalue weighted by atomic mass is 16.7. The number of aliphatic hydroxyl groups excluding tert-OH is 6. The summed E-state index contributed by atoms with van der Waals surface area (Å²) in [5, 5.41) is 100. The molecule has 0 radical (unpaired) electrons. The number of ether oxygens (including phenoxy) is 5. The van der Waals surface area contributed by atoms with Gasteiger partial charge in [-0.2, -0.15) is 0 Å². The van der Waals surface area contributed by atoms with Crippen molar-refractivity contribution >= 4 is 12.0 Å². The third kappa shape index (κ3) is 8.19. The maximum atomic E-state index is 12.8. The fourth-order valence-electron chi connectivity index (χ4n) is 4.81. The summed E-state index contributed by atoms with van der Waals surface area (Å²) in [4.78, 5) is 12.8. The zero-order chi connectivity index (χ0) is 32.8. The zero-order valence-electron chi connectivity index (χ0n) is 23.6. The van der Waals surface area contributed by atoms with Crippen molar-refractivity contribution in [2.24, 2.45) is 0 Å². The molecule has 2 heterocycles. The monoisotopic (exact) mass is 640 g/mol. The maximum absolute atomic E-state index is 12.8. The number of rotatable bonds is 11. The third-order valence-electron chi connectivity index (χ3n) is 7.31. The van der Waals surface area contributed by atoms with E-state index in [0.29, 0.717) is 11.1 Å². The molecule has 0 aromatic heterocycles. The first kappa shape index (κ1) is 34.3. The Morgan fingerprint density at radius 1 is 0.733 bits per heavy atom. The Hall–Kier alpha value is -3.55. The van der Waals surface area contributed by atoms with E-state index < -0.39 is 86.3 Å². The topological polar surface area (TPSA) is 266 Å². The minimum Gasteiger partial charge on any atom is -0.504 e. The number of phenolic OH excluding ortho intramolecular Hbond substituents is 4. The molecule has 2 fully saturated rings. The van der Waals surface area contributed by atoms with Gasteiger partial charge in [0.25, 0.3) is 0 Å². The van der Waals surface area contributed by atoms with E-state index in [1.54, 1.807) is 0 Å². The number of aliphatic hydroxyl groups is 6. The van der Waals surface area contributed by atoms with E-state index >= 15 is 0 Å². The van der Waals surface area contributed by atoms with Crippen LogP contribution in [0.1, 0.15) is 11.1 Å². The number of benzene rings is 2. The number of carbonyl (C=O) groups excluding carboxylic acids is 1. The summed E-state index contributed by atoms with van der Waals surface area (Å²) in [6, 6.07) is 7.88. The maximum Gasteiger partial charge on any atom is 0.331 e. The van der Waals surface area contributed by atoms with E-state index in [1.165, 1.54) is 42.5 Å². The summed E-state index contributed by atoms with van der Waals surface area (Å²) in [6.07, 6.45) is -14.0. The number of esters is 1. The Morgan fingerprint density at radius 2 is 1.38 bits per heavy atom. The number of phenols is 4. The van der Waals surface area contributed by atoms with Crippen molar-refractivity contribution in [3.63, 3.8) is 0 Å². The van der Waals surface area contributed by atoms with Gasteiger partial charge in [0.15, 0.2) is 41.7 Å². The lowest BCUT2D eigenvalue weighted by molar-refractivity contribution is -0.360. The van der Waals surface area contributed by atoms with Crippen LogP contribution in [-0.4, -0.2) is 138 Å². The van der Waals surface area contributed by atoms with Gasteiger partial charge >= 0.3 is 5.97 Å². The zero-order valence-corrected chi connectivity index (χ0v) is 23.6. The standard InChI is InChI=1S/C29H36O16/c30-11-19-22(37)23(38)24(39)29(42-19)45-27-25(40)28(41-8-7-14-2-5-16(33)18(35)10-14)43-20(12-31)26(27)44-21(36)6-3-13-1-4-15(32)17(34)9-13/h1-6,9-10,19-20,22-35,37-40H,7-8,11-12H2/b6-3+/t19-,20+,22-,23+,24+,25+,26+,27+,28+,29+/m1/s1. The van der Waals surface area contributed by atoms with E-state index in [9.17, 15) is 55.9 Å². The van der Waals surface area contributed by atoms with Gasteiger partial charge in [-0.05, 0) is 47.9 Å². The average molecular weight is 641 g/mol. The van der Waals surface area contributed by atoms with Gasteiger partial charge in [-0.15, -0.1) is 0 Å². The van der Waals surface area contributed by atoms with Crippen molar-refractivity contribution in [1.82, 2.24) is 0 Å². The van der Waals surface area contributed by atoms with Gasteiger partial charge in [-0.25, -0.2) is 4.79 Å². The van der Waals surface area contributed by atoms with Gasteiger partial charge in [0.05, 0.1) is 19.8 Å². The van der Waals surface area contributed by atoms with Crippen LogP contribution in [0.4, 0.5) is 0 Å². The second-order valence-corrected chi connectivity index (χ2v) is 10.4. The number of hydrogen-bond acceptors (Lipinski definition) is 16. The summed E-state index contributed by atoms with van der Waals surface area (Å²) in [7, 11) is 0. The van der Waals surface area contributed by atoms with Gasteiger partial charge in [0, 0.05) is 6.08 Å². The fourth-order valence-corrected chi connectivity index (χ4v) is 4.81. The van der Waals surface area contributed by atoms with Gasteiger partial charge in [0.1, 0.15) is 42.7 Å². The Labute approximate surface area is 256 Å². The van der Waals surface area contributed by atoms with Gasteiger partial charge in [-0.3, -0.25) is 0 Å². The summed E-state index contributed by atoms with van der Waals surface area (Å²) in [6.45, 7) is -1.65. The lowest BCUT2D eigenvalue weighted by Crippen LogP contribution is -2.65. The molecule has 10 N–H and O–H groups in total. The second-order valence-electron chi connectivity index (χ2n) is 10.4. The molecule has 0 amide bonds. The molecule has 0 unspecified atom stereocenters. The first-order valence-corrected chi connectivity index (χ1v) is 13.9. The molecule has 2 aliphatic rings. The normalized spacial score (nSPS) is 32.0. The fraction of sp³-hybridized carbons (Fsp3) is 0.483. The molecule has 0 saturated carbocycles. The smallest absolute Gasteiger partial charge is 0.331 e. The Balaban J connectivity index is 1.53.